The lowest BCUT2D eigenvalue weighted by molar-refractivity contribution is -0.125. The molecule has 7 heteroatoms. The van der Waals surface area contributed by atoms with Crippen molar-refractivity contribution in [1.82, 2.24) is 25.1 Å². The van der Waals surface area contributed by atoms with Crippen molar-refractivity contribution in [2.45, 2.75) is 26.3 Å². The third-order valence-corrected chi connectivity index (χ3v) is 5.20. The SMILES string of the molecule is Cc1nn(C)c2c(N3CCC[C@H](C(=O)NCc4cccnc4)C3)nccc12. The van der Waals surface area contributed by atoms with Crippen LogP contribution in [-0.2, 0) is 18.4 Å². The summed E-state index contributed by atoms with van der Waals surface area (Å²) in [4.78, 5) is 23.6. The number of hydrogen-bond donors (Lipinski definition) is 1. The van der Waals surface area contributed by atoms with E-state index in [4.69, 9.17) is 0 Å². The van der Waals surface area contributed by atoms with Gasteiger partial charge in [-0.2, -0.15) is 5.10 Å². The number of fused-ring (bicyclic) bond motifs is 1. The van der Waals surface area contributed by atoms with Crippen LogP contribution in [0.15, 0.2) is 36.8 Å². The van der Waals surface area contributed by atoms with Crippen molar-refractivity contribution in [1.29, 1.82) is 0 Å². The van der Waals surface area contributed by atoms with Crippen LogP contribution in [0.1, 0.15) is 24.1 Å². The van der Waals surface area contributed by atoms with E-state index >= 15 is 0 Å². The number of rotatable bonds is 4. The summed E-state index contributed by atoms with van der Waals surface area (Å²) < 4.78 is 1.89. The number of anilines is 1. The van der Waals surface area contributed by atoms with Crippen LogP contribution in [-0.4, -0.2) is 38.7 Å². The highest BCUT2D eigenvalue weighted by Crippen LogP contribution is 2.29. The maximum absolute atomic E-state index is 12.7. The molecule has 0 unspecified atom stereocenters. The topological polar surface area (TPSA) is 75.9 Å². The predicted molar refractivity (Wildman–Crippen MR) is 104 cm³/mol. The van der Waals surface area contributed by atoms with Crippen LogP contribution in [0.25, 0.3) is 10.9 Å². The molecule has 1 aliphatic heterocycles. The molecule has 0 aromatic carbocycles. The lowest BCUT2D eigenvalue weighted by Gasteiger charge is -2.33. The molecule has 0 radical (unpaired) electrons. The number of aromatic nitrogens is 4. The molecule has 0 saturated carbocycles. The Hall–Kier alpha value is -2.96. The Kier molecular flexibility index (Phi) is 4.75. The fourth-order valence-electron chi connectivity index (χ4n) is 3.83. The Bertz CT molecular complexity index is 952. The average Bonchev–Trinajstić information content (AvgIpc) is 3.01. The first kappa shape index (κ1) is 17.5. The third kappa shape index (κ3) is 3.49. The van der Waals surface area contributed by atoms with Crippen molar-refractivity contribution in [2.75, 3.05) is 18.0 Å². The summed E-state index contributed by atoms with van der Waals surface area (Å²) in [6.07, 6.45) is 7.22. The second-order valence-electron chi connectivity index (χ2n) is 7.10. The number of piperidine rings is 1. The molecule has 1 N–H and O–H groups in total. The molecule has 1 fully saturated rings. The minimum Gasteiger partial charge on any atom is -0.354 e. The van der Waals surface area contributed by atoms with Gasteiger partial charge in [-0.3, -0.25) is 14.5 Å². The standard InChI is InChI=1S/C20H24N6O/c1-14-17-7-9-22-19(18(17)25(2)24-14)26-10-4-6-16(13-26)20(27)23-12-15-5-3-8-21-11-15/h3,5,7-9,11,16H,4,6,10,12-13H2,1-2H3,(H,23,27)/t16-/m0/s1. The Morgan fingerprint density at radius 1 is 1.33 bits per heavy atom. The summed E-state index contributed by atoms with van der Waals surface area (Å²) >= 11 is 0. The van der Waals surface area contributed by atoms with Crippen LogP contribution in [0.2, 0.25) is 0 Å². The van der Waals surface area contributed by atoms with Crippen molar-refractivity contribution in [3.63, 3.8) is 0 Å². The molecule has 1 atom stereocenters. The van der Waals surface area contributed by atoms with E-state index in [1.165, 1.54) is 0 Å². The fourth-order valence-corrected chi connectivity index (χ4v) is 3.83. The van der Waals surface area contributed by atoms with E-state index in [0.717, 1.165) is 47.4 Å². The maximum atomic E-state index is 12.7. The molecule has 0 aliphatic carbocycles. The van der Waals surface area contributed by atoms with Crippen molar-refractivity contribution in [3.05, 3.63) is 48.0 Å². The molecule has 4 rings (SSSR count). The Morgan fingerprint density at radius 3 is 3.04 bits per heavy atom. The summed E-state index contributed by atoms with van der Waals surface area (Å²) in [5, 5.41) is 8.69. The second-order valence-corrected chi connectivity index (χ2v) is 7.10. The zero-order chi connectivity index (χ0) is 18.8. The molecule has 0 spiro atoms. The van der Waals surface area contributed by atoms with Crippen molar-refractivity contribution < 1.29 is 4.79 Å². The van der Waals surface area contributed by atoms with E-state index < -0.39 is 0 Å². The van der Waals surface area contributed by atoms with Gasteiger partial charge in [0.25, 0.3) is 0 Å². The van der Waals surface area contributed by atoms with Crippen LogP contribution in [0.5, 0.6) is 0 Å². The Balaban J connectivity index is 1.49. The number of amides is 1. The van der Waals surface area contributed by atoms with E-state index in [9.17, 15) is 4.79 Å². The summed E-state index contributed by atoms with van der Waals surface area (Å²) in [6, 6.07) is 5.85. The largest absolute Gasteiger partial charge is 0.354 e. The van der Waals surface area contributed by atoms with Gasteiger partial charge in [0.15, 0.2) is 5.82 Å². The van der Waals surface area contributed by atoms with Gasteiger partial charge < -0.3 is 10.2 Å². The Morgan fingerprint density at radius 2 is 2.22 bits per heavy atom. The lowest BCUT2D eigenvalue weighted by atomic mass is 9.97. The van der Waals surface area contributed by atoms with Gasteiger partial charge in [0.05, 0.1) is 11.6 Å². The second kappa shape index (κ2) is 7.34. The van der Waals surface area contributed by atoms with Crippen molar-refractivity contribution in [3.8, 4) is 0 Å². The minimum absolute atomic E-state index is 0.0400. The van der Waals surface area contributed by atoms with Crippen LogP contribution in [0.4, 0.5) is 5.82 Å². The smallest absolute Gasteiger partial charge is 0.225 e. The Labute approximate surface area is 158 Å². The summed E-state index contributed by atoms with van der Waals surface area (Å²) in [6.45, 7) is 4.10. The van der Waals surface area contributed by atoms with Crippen LogP contribution in [0.3, 0.4) is 0 Å². The average molecular weight is 364 g/mol. The van der Waals surface area contributed by atoms with Gasteiger partial charge in [-0.15, -0.1) is 0 Å². The molecule has 4 heterocycles. The van der Waals surface area contributed by atoms with Gasteiger partial charge in [0.1, 0.15) is 5.52 Å². The normalized spacial score (nSPS) is 17.3. The fraction of sp³-hybridized carbons (Fsp3) is 0.400. The van der Waals surface area contributed by atoms with E-state index in [1.54, 1.807) is 12.4 Å². The molecule has 7 nitrogen and oxygen atoms in total. The number of pyridine rings is 2. The molecule has 3 aromatic rings. The van der Waals surface area contributed by atoms with Crippen molar-refractivity contribution >= 4 is 22.6 Å². The first-order valence-corrected chi connectivity index (χ1v) is 9.33. The van der Waals surface area contributed by atoms with Crippen molar-refractivity contribution in [2.24, 2.45) is 13.0 Å². The number of hydrogen-bond acceptors (Lipinski definition) is 5. The summed E-state index contributed by atoms with van der Waals surface area (Å²) in [5.41, 5.74) is 3.04. The van der Waals surface area contributed by atoms with E-state index in [0.29, 0.717) is 13.1 Å². The van der Waals surface area contributed by atoms with Crippen LogP contribution in [0, 0.1) is 12.8 Å². The van der Waals surface area contributed by atoms with E-state index in [2.05, 4.69) is 25.3 Å². The highest BCUT2D eigenvalue weighted by molar-refractivity contribution is 5.91. The number of carbonyl (C=O) groups excluding carboxylic acids is 1. The molecule has 1 amide bonds. The number of aryl methyl sites for hydroxylation is 2. The molecule has 3 aromatic heterocycles. The van der Waals surface area contributed by atoms with Gasteiger partial charge in [-0.25, -0.2) is 4.98 Å². The monoisotopic (exact) mass is 364 g/mol. The van der Waals surface area contributed by atoms with Gasteiger partial charge in [-0.05, 0) is 37.5 Å². The summed E-state index contributed by atoms with van der Waals surface area (Å²) in [5.74, 6) is 0.971. The first-order chi connectivity index (χ1) is 13.1. The molecule has 0 bridgehead atoms. The lowest BCUT2D eigenvalue weighted by Crippen LogP contribution is -2.43. The molecule has 1 saturated heterocycles. The van der Waals surface area contributed by atoms with Gasteiger partial charge in [0.2, 0.25) is 5.91 Å². The predicted octanol–water partition coefficient (Wildman–Crippen LogP) is 2.20. The highest BCUT2D eigenvalue weighted by Gasteiger charge is 2.28. The third-order valence-electron chi connectivity index (χ3n) is 5.20. The zero-order valence-corrected chi connectivity index (χ0v) is 15.7. The maximum Gasteiger partial charge on any atom is 0.225 e. The number of nitrogens with zero attached hydrogens (tertiary/aromatic N) is 5. The minimum atomic E-state index is -0.0400. The van der Waals surface area contributed by atoms with Crippen LogP contribution >= 0.6 is 0 Å². The first-order valence-electron chi connectivity index (χ1n) is 9.33. The van der Waals surface area contributed by atoms with E-state index in [1.807, 2.05) is 43.0 Å². The number of nitrogens with one attached hydrogen (secondary N) is 1. The number of carbonyl (C=O) groups is 1. The van der Waals surface area contributed by atoms with Gasteiger partial charge in [0, 0.05) is 50.7 Å². The molecule has 1 aliphatic rings. The highest BCUT2D eigenvalue weighted by atomic mass is 16.1. The van der Waals surface area contributed by atoms with Crippen LogP contribution < -0.4 is 10.2 Å². The van der Waals surface area contributed by atoms with E-state index in [-0.39, 0.29) is 11.8 Å². The zero-order valence-electron chi connectivity index (χ0n) is 15.7. The summed E-state index contributed by atoms with van der Waals surface area (Å²) in [7, 11) is 1.95. The molecule has 27 heavy (non-hydrogen) atoms. The molecular formula is C20H24N6O. The molecular weight excluding hydrogens is 340 g/mol. The molecule has 140 valence electrons. The van der Waals surface area contributed by atoms with Gasteiger partial charge in [-0.1, -0.05) is 6.07 Å². The van der Waals surface area contributed by atoms with Gasteiger partial charge >= 0.3 is 0 Å². The quantitative estimate of drug-likeness (QED) is 0.768.